The van der Waals surface area contributed by atoms with Crippen LogP contribution in [-0.2, 0) is 13.0 Å². The third kappa shape index (κ3) is 3.01. The molecule has 1 aromatic carbocycles. The lowest BCUT2D eigenvalue weighted by Gasteiger charge is -2.05. The Morgan fingerprint density at radius 3 is 2.84 bits per heavy atom. The van der Waals surface area contributed by atoms with Crippen molar-refractivity contribution in [2.24, 2.45) is 0 Å². The normalized spacial score (nSPS) is 10.7. The van der Waals surface area contributed by atoms with E-state index in [0.717, 1.165) is 18.6 Å². The fraction of sp³-hybridized carbons (Fsp3) is 0.308. The van der Waals surface area contributed by atoms with E-state index in [-0.39, 0.29) is 12.0 Å². The summed E-state index contributed by atoms with van der Waals surface area (Å²) < 4.78 is 27.9. The number of rotatable bonds is 5. The molecule has 2 rings (SSSR count). The summed E-state index contributed by atoms with van der Waals surface area (Å²) in [6.45, 7) is 2.63. The van der Waals surface area contributed by atoms with Crippen molar-refractivity contribution in [3.8, 4) is 0 Å². The first-order valence-corrected chi connectivity index (χ1v) is 5.96. The second kappa shape index (κ2) is 5.69. The summed E-state index contributed by atoms with van der Waals surface area (Å²) in [7, 11) is 0. The molecule has 1 heterocycles. The monoisotopic (exact) mass is 265 g/mol. The maximum atomic E-state index is 13.5. The Labute approximate surface area is 109 Å². The second-order valence-electron chi connectivity index (χ2n) is 4.12. The van der Waals surface area contributed by atoms with Crippen LogP contribution in [0.15, 0.2) is 24.5 Å². The van der Waals surface area contributed by atoms with Crippen molar-refractivity contribution < 1.29 is 13.6 Å². The number of aryl methyl sites for hydroxylation is 1. The van der Waals surface area contributed by atoms with Crippen molar-refractivity contribution in [2.45, 2.75) is 26.3 Å². The van der Waals surface area contributed by atoms with E-state index in [1.807, 2.05) is 6.92 Å². The van der Waals surface area contributed by atoms with Crippen molar-refractivity contribution in [1.29, 1.82) is 0 Å². The van der Waals surface area contributed by atoms with Crippen molar-refractivity contribution in [3.05, 3.63) is 47.5 Å². The van der Waals surface area contributed by atoms with Gasteiger partial charge in [-0.1, -0.05) is 6.92 Å². The largest absolute Gasteiger partial charge is 0.294 e. The molecule has 0 aliphatic carbocycles. The molecule has 6 heteroatoms. The van der Waals surface area contributed by atoms with Crippen molar-refractivity contribution >= 4 is 5.78 Å². The molecule has 0 aliphatic rings. The van der Waals surface area contributed by atoms with Crippen LogP contribution in [0, 0.1) is 11.6 Å². The molecule has 4 nitrogen and oxygen atoms in total. The molecule has 0 amide bonds. The lowest BCUT2D eigenvalue weighted by molar-refractivity contribution is 0.0985. The average Bonchev–Trinajstić information content (AvgIpc) is 2.77. The minimum Gasteiger partial charge on any atom is -0.294 e. The van der Waals surface area contributed by atoms with Crippen LogP contribution in [0.25, 0.3) is 0 Å². The quantitative estimate of drug-likeness (QED) is 0.780. The number of ketones is 1. The van der Waals surface area contributed by atoms with Crippen molar-refractivity contribution in [3.63, 3.8) is 0 Å². The average molecular weight is 265 g/mol. The van der Waals surface area contributed by atoms with E-state index in [0.29, 0.717) is 18.4 Å². The third-order valence-electron chi connectivity index (χ3n) is 2.68. The maximum Gasteiger partial charge on any atom is 0.173 e. The van der Waals surface area contributed by atoms with Gasteiger partial charge in [0, 0.05) is 12.6 Å². The number of aromatic nitrogens is 3. The van der Waals surface area contributed by atoms with E-state index in [9.17, 15) is 13.6 Å². The zero-order chi connectivity index (χ0) is 13.8. The van der Waals surface area contributed by atoms with Crippen LogP contribution >= 0.6 is 0 Å². The minimum atomic E-state index is -0.855. The van der Waals surface area contributed by atoms with Gasteiger partial charge >= 0.3 is 0 Å². The number of halogens is 2. The zero-order valence-corrected chi connectivity index (χ0v) is 10.4. The van der Waals surface area contributed by atoms with Crippen LogP contribution in [0.2, 0.25) is 0 Å². The Balaban J connectivity index is 2.18. The first kappa shape index (κ1) is 13.3. The van der Waals surface area contributed by atoms with Gasteiger partial charge in [-0.25, -0.2) is 18.4 Å². The van der Waals surface area contributed by atoms with E-state index in [4.69, 9.17) is 0 Å². The first-order chi connectivity index (χ1) is 9.11. The predicted molar refractivity (Wildman–Crippen MR) is 64.7 cm³/mol. The molecule has 1 aromatic heterocycles. The van der Waals surface area contributed by atoms with E-state index in [1.54, 1.807) is 4.68 Å². The molecule has 0 bridgehead atoms. The molecule has 0 saturated heterocycles. The van der Waals surface area contributed by atoms with Crippen LogP contribution in [0.3, 0.4) is 0 Å². The summed E-state index contributed by atoms with van der Waals surface area (Å²) in [5.41, 5.74) is -0.132. The number of Topliss-reactive ketones (excluding diaryl/α,β-unsaturated/α-hetero) is 1. The van der Waals surface area contributed by atoms with Gasteiger partial charge in [0.25, 0.3) is 0 Å². The molecule has 0 saturated carbocycles. The van der Waals surface area contributed by atoms with E-state index < -0.39 is 17.4 Å². The molecule has 0 atom stereocenters. The summed E-state index contributed by atoms with van der Waals surface area (Å²) >= 11 is 0. The van der Waals surface area contributed by atoms with Crippen LogP contribution in [0.1, 0.15) is 29.5 Å². The van der Waals surface area contributed by atoms with E-state index in [1.165, 1.54) is 6.33 Å². The molecule has 0 aliphatic heterocycles. The maximum absolute atomic E-state index is 13.5. The van der Waals surface area contributed by atoms with Crippen LogP contribution in [0.4, 0.5) is 8.78 Å². The lowest BCUT2D eigenvalue weighted by Crippen LogP contribution is -2.12. The highest BCUT2D eigenvalue weighted by molar-refractivity contribution is 5.97. The first-order valence-electron chi connectivity index (χ1n) is 5.96. The number of benzene rings is 1. The summed E-state index contributed by atoms with van der Waals surface area (Å²) in [6, 6.07) is 2.91. The van der Waals surface area contributed by atoms with Gasteiger partial charge in [0.1, 0.15) is 23.8 Å². The predicted octanol–water partition coefficient (Wildman–Crippen LogP) is 2.39. The molecule has 100 valence electrons. The number of hydrogen-bond acceptors (Lipinski definition) is 3. The molecule has 0 fully saturated rings. The molecule has 0 unspecified atom stereocenters. The van der Waals surface area contributed by atoms with Gasteiger partial charge < -0.3 is 0 Å². The molecule has 0 spiro atoms. The standard InChI is InChI=1S/C13H13F2N3O/c1-2-5-18-13(16-8-17-18)7-12(19)10-4-3-9(14)6-11(10)15/h3-4,6,8H,2,5,7H2,1H3. The van der Waals surface area contributed by atoms with Gasteiger partial charge in [-0.05, 0) is 18.6 Å². The van der Waals surface area contributed by atoms with Gasteiger partial charge in [-0.2, -0.15) is 5.10 Å². The number of hydrogen-bond donors (Lipinski definition) is 0. The van der Waals surface area contributed by atoms with Crippen molar-refractivity contribution in [1.82, 2.24) is 14.8 Å². The smallest absolute Gasteiger partial charge is 0.173 e. The summed E-state index contributed by atoms with van der Waals surface area (Å²) in [5, 5.41) is 3.99. The number of carbonyl (C=O) groups is 1. The fourth-order valence-electron chi connectivity index (χ4n) is 1.78. The molecular formula is C13H13F2N3O. The lowest BCUT2D eigenvalue weighted by atomic mass is 10.1. The highest BCUT2D eigenvalue weighted by Crippen LogP contribution is 2.12. The van der Waals surface area contributed by atoms with Gasteiger partial charge in [0.15, 0.2) is 5.78 Å². The Morgan fingerprint density at radius 1 is 1.37 bits per heavy atom. The van der Waals surface area contributed by atoms with E-state index in [2.05, 4.69) is 10.1 Å². The van der Waals surface area contributed by atoms with Gasteiger partial charge in [-0.3, -0.25) is 4.79 Å². The number of nitrogens with zero attached hydrogens (tertiary/aromatic N) is 3. The number of carbonyl (C=O) groups excluding carboxylic acids is 1. The molecule has 19 heavy (non-hydrogen) atoms. The fourth-order valence-corrected chi connectivity index (χ4v) is 1.78. The highest BCUT2D eigenvalue weighted by atomic mass is 19.1. The van der Waals surface area contributed by atoms with Gasteiger partial charge in [-0.15, -0.1) is 0 Å². The SMILES string of the molecule is CCCn1ncnc1CC(=O)c1ccc(F)cc1F. The molecular weight excluding hydrogens is 252 g/mol. The Bertz CT molecular complexity index is 595. The third-order valence-corrected chi connectivity index (χ3v) is 2.68. The minimum absolute atomic E-state index is 0.0530. The van der Waals surface area contributed by atoms with Gasteiger partial charge in [0.05, 0.1) is 12.0 Å². The molecule has 2 aromatic rings. The summed E-state index contributed by atoms with van der Waals surface area (Å²) in [4.78, 5) is 15.9. The van der Waals surface area contributed by atoms with Gasteiger partial charge in [0.2, 0.25) is 0 Å². The van der Waals surface area contributed by atoms with E-state index >= 15 is 0 Å². The van der Waals surface area contributed by atoms with Crippen LogP contribution in [-0.4, -0.2) is 20.5 Å². The summed E-state index contributed by atoms with van der Waals surface area (Å²) in [5.74, 6) is -1.52. The van der Waals surface area contributed by atoms with Crippen LogP contribution in [0.5, 0.6) is 0 Å². The Kier molecular flexibility index (Phi) is 3.99. The zero-order valence-electron chi connectivity index (χ0n) is 10.4. The second-order valence-corrected chi connectivity index (χ2v) is 4.12. The Morgan fingerprint density at radius 2 is 2.16 bits per heavy atom. The Hall–Kier alpha value is -2.11. The van der Waals surface area contributed by atoms with Crippen LogP contribution < -0.4 is 0 Å². The molecule has 0 radical (unpaired) electrons. The van der Waals surface area contributed by atoms with Crippen molar-refractivity contribution in [2.75, 3.05) is 0 Å². The molecule has 0 N–H and O–H groups in total. The topological polar surface area (TPSA) is 47.8 Å². The highest BCUT2D eigenvalue weighted by Gasteiger charge is 2.16. The summed E-state index contributed by atoms with van der Waals surface area (Å²) in [6.07, 6.45) is 2.16.